The number of halogens is 1. The molecule has 1 aromatic rings. The second kappa shape index (κ2) is 5.78. The number of carbonyl (C=O) groups is 1. The van der Waals surface area contributed by atoms with E-state index in [2.05, 4.69) is 15.2 Å². The molecule has 0 aliphatic carbocycles. The van der Waals surface area contributed by atoms with Gasteiger partial charge in [-0.3, -0.25) is 0 Å². The van der Waals surface area contributed by atoms with E-state index in [9.17, 15) is 4.79 Å². The van der Waals surface area contributed by atoms with Gasteiger partial charge in [-0.05, 0) is 20.8 Å². The van der Waals surface area contributed by atoms with Crippen molar-refractivity contribution < 1.29 is 9.53 Å². The molecule has 8 heteroatoms. The zero-order chi connectivity index (χ0) is 14.8. The molecular formula is C12H18ClN5O2. The number of carbonyl (C=O) groups excluding carboxylic acids is 1. The third kappa shape index (κ3) is 3.93. The highest BCUT2D eigenvalue weighted by Gasteiger charge is 2.26. The van der Waals surface area contributed by atoms with E-state index in [0.29, 0.717) is 37.3 Å². The first-order valence-electron chi connectivity index (χ1n) is 6.43. The number of nitrogens with zero attached hydrogens (tertiary/aromatic N) is 5. The molecule has 20 heavy (non-hydrogen) atoms. The first-order valence-corrected chi connectivity index (χ1v) is 6.81. The maximum atomic E-state index is 11.9. The Morgan fingerprint density at radius 3 is 2.50 bits per heavy atom. The number of ether oxygens (including phenoxy) is 1. The van der Waals surface area contributed by atoms with E-state index in [1.54, 1.807) is 4.90 Å². The number of anilines is 1. The normalized spacial score (nSPS) is 16.2. The number of hydrogen-bond donors (Lipinski definition) is 0. The number of aromatic nitrogens is 3. The zero-order valence-electron chi connectivity index (χ0n) is 11.8. The van der Waals surface area contributed by atoms with Crippen molar-refractivity contribution >= 4 is 23.6 Å². The van der Waals surface area contributed by atoms with Crippen molar-refractivity contribution in [1.82, 2.24) is 20.1 Å². The second-order valence-electron chi connectivity index (χ2n) is 5.53. The summed E-state index contributed by atoms with van der Waals surface area (Å²) in [6.07, 6.45) is 1.10. The Balaban J connectivity index is 1.91. The Hall–Kier alpha value is -1.63. The fourth-order valence-electron chi connectivity index (χ4n) is 1.82. The molecule has 2 rings (SSSR count). The van der Waals surface area contributed by atoms with Gasteiger partial charge < -0.3 is 14.5 Å². The third-order valence-corrected chi connectivity index (χ3v) is 2.91. The molecule has 0 bridgehead atoms. The van der Waals surface area contributed by atoms with Crippen molar-refractivity contribution in [2.24, 2.45) is 0 Å². The fraction of sp³-hybridized carbons (Fsp3) is 0.667. The zero-order valence-corrected chi connectivity index (χ0v) is 12.6. The topological polar surface area (TPSA) is 71.5 Å². The van der Waals surface area contributed by atoms with E-state index >= 15 is 0 Å². The van der Waals surface area contributed by atoms with Crippen LogP contribution < -0.4 is 4.90 Å². The van der Waals surface area contributed by atoms with Crippen molar-refractivity contribution in [2.75, 3.05) is 31.1 Å². The molecule has 110 valence electrons. The van der Waals surface area contributed by atoms with Gasteiger partial charge in [0.05, 0.1) is 6.20 Å². The molecule has 0 aromatic carbocycles. The molecule has 0 spiro atoms. The number of piperazine rings is 1. The van der Waals surface area contributed by atoms with Gasteiger partial charge in [0.2, 0.25) is 5.95 Å². The predicted octanol–water partition coefficient (Wildman–Crippen LogP) is 1.58. The monoisotopic (exact) mass is 299 g/mol. The molecule has 7 nitrogen and oxygen atoms in total. The van der Waals surface area contributed by atoms with Crippen molar-refractivity contribution in [3.63, 3.8) is 0 Å². The second-order valence-corrected chi connectivity index (χ2v) is 5.92. The first-order chi connectivity index (χ1) is 9.35. The summed E-state index contributed by atoms with van der Waals surface area (Å²) in [5.74, 6) is 0.487. The lowest BCUT2D eigenvalue weighted by molar-refractivity contribution is 0.0240. The lowest BCUT2D eigenvalue weighted by Gasteiger charge is -2.35. The Bertz CT molecular complexity index is 483. The number of rotatable bonds is 1. The molecule has 2 heterocycles. The minimum absolute atomic E-state index is 0.290. The Morgan fingerprint density at radius 2 is 1.95 bits per heavy atom. The van der Waals surface area contributed by atoms with E-state index in [0.717, 1.165) is 0 Å². The van der Waals surface area contributed by atoms with Crippen LogP contribution in [0.25, 0.3) is 0 Å². The van der Waals surface area contributed by atoms with Crippen molar-refractivity contribution in [3.8, 4) is 0 Å². The van der Waals surface area contributed by atoms with Crippen LogP contribution in [-0.4, -0.2) is 58.0 Å². The van der Waals surface area contributed by atoms with Crippen molar-refractivity contribution in [1.29, 1.82) is 0 Å². The molecule has 1 amide bonds. The van der Waals surface area contributed by atoms with Gasteiger partial charge in [-0.2, -0.15) is 10.1 Å². The van der Waals surface area contributed by atoms with Gasteiger partial charge in [0.1, 0.15) is 5.60 Å². The van der Waals surface area contributed by atoms with Crippen LogP contribution >= 0.6 is 11.6 Å². The van der Waals surface area contributed by atoms with Crippen LogP contribution in [0.15, 0.2) is 6.20 Å². The Labute approximate surface area is 122 Å². The van der Waals surface area contributed by atoms with E-state index in [1.807, 2.05) is 25.7 Å². The van der Waals surface area contributed by atoms with Gasteiger partial charge in [0.15, 0.2) is 5.15 Å². The summed E-state index contributed by atoms with van der Waals surface area (Å²) in [4.78, 5) is 19.7. The van der Waals surface area contributed by atoms with E-state index in [-0.39, 0.29) is 6.09 Å². The Morgan fingerprint density at radius 1 is 1.30 bits per heavy atom. The molecule has 0 atom stereocenters. The summed E-state index contributed by atoms with van der Waals surface area (Å²) >= 11 is 5.79. The molecule has 1 saturated heterocycles. The summed E-state index contributed by atoms with van der Waals surface area (Å²) < 4.78 is 5.34. The molecule has 1 fully saturated rings. The minimum atomic E-state index is -0.478. The summed E-state index contributed by atoms with van der Waals surface area (Å²) in [5, 5.41) is 8.02. The lowest BCUT2D eigenvalue weighted by atomic mass is 10.2. The molecule has 0 N–H and O–H groups in total. The lowest BCUT2D eigenvalue weighted by Crippen LogP contribution is -2.50. The SMILES string of the molecule is CC(C)(C)OC(=O)N1CCN(c2nncc(Cl)n2)CC1. The van der Waals surface area contributed by atoms with Crippen LogP contribution in [-0.2, 0) is 4.74 Å². The van der Waals surface area contributed by atoms with Gasteiger partial charge in [-0.15, -0.1) is 5.10 Å². The minimum Gasteiger partial charge on any atom is -0.444 e. The molecule has 1 aliphatic heterocycles. The average molecular weight is 300 g/mol. The van der Waals surface area contributed by atoms with Gasteiger partial charge in [-0.25, -0.2) is 4.79 Å². The molecule has 0 radical (unpaired) electrons. The van der Waals surface area contributed by atoms with Crippen LogP contribution in [0.4, 0.5) is 10.7 Å². The standard InChI is InChI=1S/C12H18ClN5O2/c1-12(2,3)20-11(19)18-6-4-17(5-7-18)10-15-9(13)8-14-16-10/h8H,4-7H2,1-3H3. The van der Waals surface area contributed by atoms with E-state index in [1.165, 1.54) is 6.20 Å². The number of amides is 1. The molecule has 0 unspecified atom stereocenters. The van der Waals surface area contributed by atoms with Gasteiger partial charge in [-0.1, -0.05) is 11.6 Å². The van der Waals surface area contributed by atoms with E-state index in [4.69, 9.17) is 16.3 Å². The third-order valence-electron chi connectivity index (χ3n) is 2.73. The molecule has 1 aliphatic rings. The van der Waals surface area contributed by atoms with Crippen LogP contribution in [0.5, 0.6) is 0 Å². The largest absolute Gasteiger partial charge is 0.444 e. The van der Waals surface area contributed by atoms with Gasteiger partial charge in [0.25, 0.3) is 0 Å². The summed E-state index contributed by atoms with van der Waals surface area (Å²) in [7, 11) is 0. The maximum absolute atomic E-state index is 11.9. The van der Waals surface area contributed by atoms with Crippen molar-refractivity contribution in [2.45, 2.75) is 26.4 Å². The highest BCUT2D eigenvalue weighted by molar-refractivity contribution is 6.29. The highest BCUT2D eigenvalue weighted by atomic mass is 35.5. The maximum Gasteiger partial charge on any atom is 0.410 e. The predicted molar refractivity (Wildman–Crippen MR) is 74.9 cm³/mol. The van der Waals surface area contributed by atoms with Crippen molar-refractivity contribution in [3.05, 3.63) is 11.3 Å². The highest BCUT2D eigenvalue weighted by Crippen LogP contribution is 2.15. The van der Waals surface area contributed by atoms with Crippen LogP contribution in [0, 0.1) is 0 Å². The quantitative estimate of drug-likeness (QED) is 0.784. The van der Waals surface area contributed by atoms with Gasteiger partial charge in [0, 0.05) is 26.2 Å². The van der Waals surface area contributed by atoms with Crippen LogP contribution in [0.1, 0.15) is 20.8 Å². The molecule has 1 aromatic heterocycles. The summed E-state index contributed by atoms with van der Waals surface area (Å²) in [5.41, 5.74) is -0.478. The summed E-state index contributed by atoms with van der Waals surface area (Å²) in [6.45, 7) is 7.93. The first kappa shape index (κ1) is 14.8. The van der Waals surface area contributed by atoms with Crippen LogP contribution in [0.3, 0.4) is 0 Å². The fourth-order valence-corrected chi connectivity index (χ4v) is 1.94. The summed E-state index contributed by atoms with van der Waals surface area (Å²) in [6, 6.07) is 0. The molecule has 0 saturated carbocycles. The van der Waals surface area contributed by atoms with Crippen LogP contribution in [0.2, 0.25) is 5.15 Å². The van der Waals surface area contributed by atoms with E-state index < -0.39 is 5.60 Å². The molecular weight excluding hydrogens is 282 g/mol. The average Bonchev–Trinajstić information content (AvgIpc) is 2.37. The Kier molecular flexibility index (Phi) is 4.27. The smallest absolute Gasteiger partial charge is 0.410 e. The van der Waals surface area contributed by atoms with Gasteiger partial charge >= 0.3 is 6.09 Å². The number of hydrogen-bond acceptors (Lipinski definition) is 6.